The van der Waals surface area contributed by atoms with Crippen LogP contribution in [0.3, 0.4) is 0 Å². The Labute approximate surface area is 207 Å². The number of imide groups is 2. The van der Waals surface area contributed by atoms with E-state index in [1.807, 2.05) is 49.1 Å². The first-order valence-electron chi connectivity index (χ1n) is 12.4. The van der Waals surface area contributed by atoms with E-state index in [1.54, 1.807) is 12.3 Å². The van der Waals surface area contributed by atoms with E-state index in [1.165, 1.54) is 4.40 Å². The molecule has 1 aromatic carbocycles. The van der Waals surface area contributed by atoms with Gasteiger partial charge in [-0.2, -0.15) is 0 Å². The Bertz CT molecular complexity index is 1510. The number of fused-ring (bicyclic) bond motifs is 7. The Morgan fingerprint density at radius 2 is 1.92 bits per heavy atom. The van der Waals surface area contributed by atoms with Gasteiger partial charge in [-0.1, -0.05) is 43.7 Å². The fraction of sp³-hybridized carbons (Fsp3) is 0.370. The first-order valence-corrected chi connectivity index (χ1v) is 12.4. The average Bonchev–Trinajstić information content (AvgIpc) is 2.88. The highest BCUT2D eigenvalue weighted by atomic mass is 16.2. The molecule has 2 atom stereocenters. The van der Waals surface area contributed by atoms with Gasteiger partial charge in [-0.25, -0.2) is 9.78 Å². The number of unbranched alkanes of at least 4 members (excludes halogenated alkanes) is 1. The van der Waals surface area contributed by atoms with Crippen LogP contribution in [-0.2, 0) is 22.4 Å². The van der Waals surface area contributed by atoms with Crippen molar-refractivity contribution in [3.8, 4) is 0 Å². The smallest absolute Gasteiger partial charge is 0.330 e. The van der Waals surface area contributed by atoms with Gasteiger partial charge in [-0.05, 0) is 42.5 Å². The number of aromatic nitrogens is 2. The highest BCUT2D eigenvalue weighted by Gasteiger charge is 2.64. The molecule has 5 heterocycles. The van der Waals surface area contributed by atoms with Gasteiger partial charge in [-0.3, -0.25) is 29.0 Å². The minimum absolute atomic E-state index is 0.124. The van der Waals surface area contributed by atoms with Crippen LogP contribution in [0.1, 0.15) is 48.1 Å². The van der Waals surface area contributed by atoms with Gasteiger partial charge in [0.2, 0.25) is 11.8 Å². The number of urea groups is 1. The van der Waals surface area contributed by atoms with E-state index < -0.39 is 29.3 Å². The molecule has 6 rings (SSSR count). The molecular formula is C27H27N5O4. The minimum Gasteiger partial charge on any atom is -0.347 e. The molecule has 3 aliphatic heterocycles. The van der Waals surface area contributed by atoms with Crippen LogP contribution in [0.15, 0.2) is 47.4 Å². The molecule has 0 radical (unpaired) electrons. The quantitative estimate of drug-likeness (QED) is 0.572. The molecule has 4 amide bonds. The predicted octanol–water partition coefficient (Wildman–Crippen LogP) is 2.53. The molecule has 9 nitrogen and oxygen atoms in total. The standard InChI is InChI=1S/C27H27N5O4/c1-3-4-12-32-25(35)27(24(34)29-26(32)36)15-19-22(28-21-16(2)8-7-13-31(21)23(19)33)30-14-11-17-9-5-6-10-18(17)20(27)30/h5-10,13,20H,3-4,11-12,14-15H2,1-2H3,(H,29,34,36)/t20-,27+/m1/s1. The summed E-state index contributed by atoms with van der Waals surface area (Å²) in [5.74, 6) is -0.691. The summed E-state index contributed by atoms with van der Waals surface area (Å²) in [5.41, 5.74) is 1.67. The lowest BCUT2D eigenvalue weighted by molar-refractivity contribution is -0.154. The lowest BCUT2D eigenvalue weighted by atomic mass is 9.65. The van der Waals surface area contributed by atoms with E-state index >= 15 is 0 Å². The SMILES string of the molecule is CCCCN1C(=O)NC(=O)[C@@]2(Cc3c(nc4c(C)cccn4c3=O)N3CCc4ccccc4[C@@H]32)C1=O. The number of amides is 4. The van der Waals surface area contributed by atoms with Gasteiger partial charge in [0.1, 0.15) is 11.5 Å². The second-order valence-corrected chi connectivity index (χ2v) is 9.87. The number of barbiturate groups is 1. The summed E-state index contributed by atoms with van der Waals surface area (Å²) < 4.78 is 1.48. The van der Waals surface area contributed by atoms with E-state index in [0.29, 0.717) is 36.4 Å². The number of nitrogens with zero attached hydrogens (tertiary/aromatic N) is 4. The molecule has 1 spiro atoms. The second kappa shape index (κ2) is 8.01. The van der Waals surface area contributed by atoms with Crippen molar-refractivity contribution < 1.29 is 14.4 Å². The highest BCUT2D eigenvalue weighted by Crippen LogP contribution is 2.52. The maximum atomic E-state index is 14.2. The van der Waals surface area contributed by atoms with E-state index in [4.69, 9.17) is 4.98 Å². The van der Waals surface area contributed by atoms with Gasteiger partial charge in [0.15, 0.2) is 5.41 Å². The lowest BCUT2D eigenvalue weighted by Crippen LogP contribution is -2.70. The second-order valence-electron chi connectivity index (χ2n) is 9.87. The van der Waals surface area contributed by atoms with E-state index in [2.05, 4.69) is 5.32 Å². The molecule has 1 fully saturated rings. The Morgan fingerprint density at radius 1 is 1.11 bits per heavy atom. The molecule has 0 unspecified atom stereocenters. The summed E-state index contributed by atoms with van der Waals surface area (Å²) in [6.07, 6.45) is 3.63. The molecule has 3 aromatic rings. The molecule has 1 saturated heterocycles. The van der Waals surface area contributed by atoms with E-state index in [-0.39, 0.29) is 18.5 Å². The molecule has 3 aliphatic rings. The summed E-state index contributed by atoms with van der Waals surface area (Å²) in [5, 5.41) is 2.46. The van der Waals surface area contributed by atoms with Gasteiger partial charge in [0.25, 0.3) is 5.56 Å². The topological polar surface area (TPSA) is 104 Å². The fourth-order valence-electron chi connectivity index (χ4n) is 6.04. The number of rotatable bonds is 3. The zero-order valence-corrected chi connectivity index (χ0v) is 20.3. The Kier molecular flexibility index (Phi) is 5.00. The molecule has 0 saturated carbocycles. The lowest BCUT2D eigenvalue weighted by Gasteiger charge is -2.53. The maximum absolute atomic E-state index is 14.2. The predicted molar refractivity (Wildman–Crippen MR) is 133 cm³/mol. The van der Waals surface area contributed by atoms with E-state index in [9.17, 15) is 19.2 Å². The van der Waals surface area contributed by atoms with Gasteiger partial charge in [0, 0.05) is 25.7 Å². The number of benzene rings is 1. The largest absolute Gasteiger partial charge is 0.347 e. The molecule has 0 aliphatic carbocycles. The summed E-state index contributed by atoms with van der Waals surface area (Å²) >= 11 is 0. The van der Waals surface area contributed by atoms with Crippen molar-refractivity contribution in [1.29, 1.82) is 0 Å². The number of carbonyl (C=O) groups excluding carboxylic acids is 3. The Morgan fingerprint density at radius 3 is 2.72 bits per heavy atom. The van der Waals surface area contributed by atoms with Crippen LogP contribution in [0.25, 0.3) is 5.65 Å². The van der Waals surface area contributed by atoms with Crippen LogP contribution in [0.5, 0.6) is 0 Å². The van der Waals surface area contributed by atoms with Crippen molar-refractivity contribution in [2.24, 2.45) is 5.41 Å². The first kappa shape index (κ1) is 22.5. The number of hydrogen-bond acceptors (Lipinski definition) is 6. The molecule has 36 heavy (non-hydrogen) atoms. The molecule has 2 aromatic heterocycles. The van der Waals surface area contributed by atoms with Gasteiger partial charge in [-0.15, -0.1) is 0 Å². The van der Waals surface area contributed by atoms with Crippen LogP contribution in [0, 0.1) is 12.3 Å². The average molecular weight is 486 g/mol. The third kappa shape index (κ3) is 2.91. The molecule has 9 heteroatoms. The van der Waals surface area contributed by atoms with Crippen LogP contribution in [0.2, 0.25) is 0 Å². The number of aryl methyl sites for hydroxylation is 1. The Balaban J connectivity index is 1.64. The van der Waals surface area contributed by atoms with Crippen molar-refractivity contribution >= 4 is 29.3 Å². The summed E-state index contributed by atoms with van der Waals surface area (Å²) in [4.78, 5) is 62.5. The monoisotopic (exact) mass is 485 g/mol. The minimum atomic E-state index is -1.66. The molecular weight excluding hydrogens is 458 g/mol. The van der Waals surface area contributed by atoms with Crippen molar-refractivity contribution in [2.45, 2.75) is 45.6 Å². The van der Waals surface area contributed by atoms with Crippen LogP contribution < -0.4 is 15.8 Å². The summed E-state index contributed by atoms with van der Waals surface area (Å²) in [7, 11) is 0. The number of pyridine rings is 1. The normalized spacial score (nSPS) is 22.9. The van der Waals surface area contributed by atoms with Crippen LogP contribution in [0.4, 0.5) is 10.6 Å². The summed E-state index contributed by atoms with van der Waals surface area (Å²) in [6, 6.07) is 10.1. The van der Waals surface area contributed by atoms with Crippen molar-refractivity contribution in [3.05, 3.63) is 75.2 Å². The summed E-state index contributed by atoms with van der Waals surface area (Å²) in [6.45, 7) is 4.58. The van der Waals surface area contributed by atoms with E-state index in [0.717, 1.165) is 28.0 Å². The fourth-order valence-corrected chi connectivity index (χ4v) is 6.04. The van der Waals surface area contributed by atoms with Gasteiger partial charge < -0.3 is 4.90 Å². The maximum Gasteiger partial charge on any atom is 0.330 e. The highest BCUT2D eigenvalue weighted by molar-refractivity contribution is 6.20. The van der Waals surface area contributed by atoms with Crippen molar-refractivity contribution in [1.82, 2.24) is 19.6 Å². The molecule has 184 valence electrons. The van der Waals surface area contributed by atoms with Gasteiger partial charge >= 0.3 is 6.03 Å². The number of hydrogen-bond donors (Lipinski definition) is 1. The zero-order valence-electron chi connectivity index (χ0n) is 20.3. The third-order valence-corrected chi connectivity index (χ3v) is 7.83. The zero-order chi connectivity index (χ0) is 25.2. The number of nitrogens with one attached hydrogen (secondary N) is 1. The third-order valence-electron chi connectivity index (χ3n) is 7.83. The first-order chi connectivity index (χ1) is 17.4. The molecule has 1 N–H and O–H groups in total. The van der Waals surface area contributed by atoms with Crippen molar-refractivity contribution in [2.75, 3.05) is 18.0 Å². The van der Waals surface area contributed by atoms with Gasteiger partial charge in [0.05, 0.1) is 11.6 Å². The van der Waals surface area contributed by atoms with Crippen LogP contribution >= 0.6 is 0 Å². The molecule has 0 bridgehead atoms. The number of carbonyl (C=O) groups is 3. The Hall–Kier alpha value is -4.01. The van der Waals surface area contributed by atoms with Crippen LogP contribution in [-0.4, -0.2) is 45.2 Å². The van der Waals surface area contributed by atoms with Crippen molar-refractivity contribution in [3.63, 3.8) is 0 Å². The number of anilines is 1.